The van der Waals surface area contributed by atoms with E-state index >= 15 is 0 Å². The minimum Gasteiger partial charge on any atom is -0.271 e. The first-order chi connectivity index (χ1) is 5.59. The molecule has 0 spiro atoms. The maximum Gasteiger partial charge on any atom is 0.245 e. The number of amidine groups is 1. The van der Waals surface area contributed by atoms with Crippen LogP contribution in [0.3, 0.4) is 0 Å². The van der Waals surface area contributed by atoms with Crippen LogP contribution in [0.15, 0.2) is 0 Å². The van der Waals surface area contributed by atoms with Gasteiger partial charge in [-0.3, -0.25) is 9.48 Å². The predicted octanol–water partition coefficient (Wildman–Crippen LogP) is 1.80. The molecule has 0 amide bonds. The van der Waals surface area contributed by atoms with E-state index in [-0.39, 0.29) is 0 Å². The third kappa shape index (κ3) is 4.37. The van der Waals surface area contributed by atoms with E-state index in [0.29, 0.717) is 0 Å². The van der Waals surface area contributed by atoms with E-state index in [0.717, 1.165) is 0 Å². The molecule has 0 radical (unpaired) electrons. The lowest BCUT2D eigenvalue weighted by Gasteiger charge is -2.10. The Balaban J connectivity index is 3.91. The first kappa shape index (κ1) is 11.5. The van der Waals surface area contributed by atoms with Crippen molar-refractivity contribution in [2.45, 2.75) is 32.6 Å². The van der Waals surface area contributed by atoms with E-state index in [4.69, 9.17) is 0 Å². The van der Waals surface area contributed by atoms with Crippen LogP contribution >= 0.6 is 0 Å². The smallest absolute Gasteiger partial charge is 0.245 e. The van der Waals surface area contributed by atoms with Crippen molar-refractivity contribution in [3.8, 4) is 0 Å². The summed E-state index contributed by atoms with van der Waals surface area (Å²) in [5, 5.41) is 0. The lowest BCUT2D eigenvalue weighted by Crippen LogP contribution is -2.29. The molecule has 0 aliphatic carbocycles. The summed E-state index contributed by atoms with van der Waals surface area (Å²) in [6.07, 6.45) is 5.15. The number of hydrogen-bond acceptors (Lipinski definition) is 0. The second-order valence-corrected chi connectivity index (χ2v) is 3.66. The predicted molar refractivity (Wildman–Crippen MR) is 54.9 cm³/mol. The molecule has 0 saturated heterocycles. The standard InChI is InChI=1S/C10H23N2/c1-6-7-8-9-10(11(2)3)12(4)5/h6-9H2,1-5H3/q+1. The molecule has 0 atom stereocenters. The van der Waals surface area contributed by atoms with Crippen LogP contribution in [0.4, 0.5) is 0 Å². The van der Waals surface area contributed by atoms with E-state index in [2.05, 4.69) is 44.6 Å². The summed E-state index contributed by atoms with van der Waals surface area (Å²) in [5.41, 5.74) is 0. The zero-order valence-electron chi connectivity index (χ0n) is 9.22. The normalized spacial score (nSPS) is 9.75. The van der Waals surface area contributed by atoms with Gasteiger partial charge < -0.3 is 0 Å². The molecule has 0 aliphatic heterocycles. The van der Waals surface area contributed by atoms with Crippen molar-refractivity contribution in [1.29, 1.82) is 0 Å². The Kier molecular flexibility index (Phi) is 5.77. The Labute approximate surface area is 76.9 Å². The largest absolute Gasteiger partial charge is 0.271 e. The van der Waals surface area contributed by atoms with E-state index in [1.54, 1.807) is 0 Å². The summed E-state index contributed by atoms with van der Waals surface area (Å²) in [5.74, 6) is 1.42. The summed E-state index contributed by atoms with van der Waals surface area (Å²) in [4.78, 5) is 2.20. The van der Waals surface area contributed by atoms with Gasteiger partial charge in [0.05, 0.1) is 28.2 Å². The monoisotopic (exact) mass is 171 g/mol. The summed E-state index contributed by atoms with van der Waals surface area (Å²) in [7, 11) is 8.45. The van der Waals surface area contributed by atoms with Crippen LogP contribution in [0.2, 0.25) is 0 Å². The van der Waals surface area contributed by atoms with E-state index < -0.39 is 0 Å². The molecule has 2 nitrogen and oxygen atoms in total. The molecule has 0 heterocycles. The molecule has 0 aromatic heterocycles. The molecule has 0 saturated carbocycles. The van der Waals surface area contributed by atoms with Crippen molar-refractivity contribution in [1.82, 2.24) is 4.90 Å². The summed E-state index contributed by atoms with van der Waals surface area (Å²) < 4.78 is 2.20. The minimum atomic E-state index is 1.20. The molecule has 0 unspecified atom stereocenters. The fourth-order valence-corrected chi connectivity index (χ4v) is 1.38. The molecular formula is C10H23N2+. The highest BCUT2D eigenvalue weighted by Crippen LogP contribution is 2.01. The van der Waals surface area contributed by atoms with Gasteiger partial charge in [0.1, 0.15) is 0 Å². The molecule has 0 aliphatic rings. The van der Waals surface area contributed by atoms with Gasteiger partial charge in [0.25, 0.3) is 0 Å². The first-order valence-corrected chi connectivity index (χ1v) is 4.80. The SMILES string of the molecule is CCCCCC(N(C)C)=[N+](C)C. The van der Waals surface area contributed by atoms with Crippen molar-refractivity contribution < 1.29 is 4.58 Å². The molecule has 72 valence electrons. The maximum absolute atomic E-state index is 2.24. The van der Waals surface area contributed by atoms with Gasteiger partial charge in [-0.2, -0.15) is 0 Å². The quantitative estimate of drug-likeness (QED) is 0.270. The van der Waals surface area contributed by atoms with Crippen molar-refractivity contribution >= 4 is 5.84 Å². The second-order valence-electron chi connectivity index (χ2n) is 3.66. The van der Waals surface area contributed by atoms with Crippen molar-refractivity contribution in [3.05, 3.63) is 0 Å². The van der Waals surface area contributed by atoms with Gasteiger partial charge in [-0.25, -0.2) is 0 Å². The Hall–Kier alpha value is -0.530. The van der Waals surface area contributed by atoms with Crippen LogP contribution in [-0.4, -0.2) is 43.5 Å². The van der Waals surface area contributed by atoms with Gasteiger partial charge >= 0.3 is 0 Å². The number of nitrogens with zero attached hydrogens (tertiary/aromatic N) is 2. The van der Waals surface area contributed by atoms with Crippen LogP contribution in [0, 0.1) is 0 Å². The summed E-state index contributed by atoms with van der Waals surface area (Å²) >= 11 is 0. The molecule has 12 heavy (non-hydrogen) atoms. The molecule has 0 N–H and O–H groups in total. The van der Waals surface area contributed by atoms with Gasteiger partial charge in [-0.05, 0) is 6.42 Å². The second kappa shape index (κ2) is 6.04. The first-order valence-electron chi connectivity index (χ1n) is 4.80. The Bertz CT molecular complexity index is 144. The number of hydrogen-bond donors (Lipinski definition) is 0. The van der Waals surface area contributed by atoms with E-state index in [1.807, 2.05) is 0 Å². The van der Waals surface area contributed by atoms with Crippen molar-refractivity contribution in [2.75, 3.05) is 28.2 Å². The van der Waals surface area contributed by atoms with Crippen LogP contribution in [0.25, 0.3) is 0 Å². The molecule has 2 heteroatoms. The summed E-state index contributed by atoms with van der Waals surface area (Å²) in [6, 6.07) is 0. The fourth-order valence-electron chi connectivity index (χ4n) is 1.38. The molecule has 0 rings (SSSR count). The average Bonchev–Trinajstić information content (AvgIpc) is 1.96. The average molecular weight is 171 g/mol. The minimum absolute atomic E-state index is 1.20. The van der Waals surface area contributed by atoms with Gasteiger partial charge in [0, 0.05) is 6.42 Å². The van der Waals surface area contributed by atoms with Crippen molar-refractivity contribution in [3.63, 3.8) is 0 Å². The Morgan fingerprint density at radius 3 is 2.08 bits per heavy atom. The number of rotatable bonds is 4. The van der Waals surface area contributed by atoms with Gasteiger partial charge in [0.2, 0.25) is 5.84 Å². The molecule has 0 aromatic rings. The maximum atomic E-state index is 2.24. The lowest BCUT2D eigenvalue weighted by molar-refractivity contribution is -0.471. The highest BCUT2D eigenvalue weighted by Gasteiger charge is 2.09. The summed E-state index contributed by atoms with van der Waals surface area (Å²) in [6.45, 7) is 2.24. The van der Waals surface area contributed by atoms with Gasteiger partial charge in [-0.1, -0.05) is 19.8 Å². The third-order valence-electron chi connectivity index (χ3n) is 2.04. The van der Waals surface area contributed by atoms with Gasteiger partial charge in [0.15, 0.2) is 0 Å². The zero-order chi connectivity index (χ0) is 9.56. The molecule has 0 bridgehead atoms. The fraction of sp³-hybridized carbons (Fsp3) is 0.900. The molecule has 0 fully saturated rings. The van der Waals surface area contributed by atoms with Crippen LogP contribution < -0.4 is 0 Å². The van der Waals surface area contributed by atoms with Crippen LogP contribution in [-0.2, 0) is 0 Å². The van der Waals surface area contributed by atoms with Gasteiger partial charge in [-0.15, -0.1) is 0 Å². The zero-order valence-corrected chi connectivity index (χ0v) is 9.22. The highest BCUT2D eigenvalue weighted by molar-refractivity contribution is 5.76. The topological polar surface area (TPSA) is 6.25 Å². The third-order valence-corrected chi connectivity index (χ3v) is 2.04. The van der Waals surface area contributed by atoms with E-state index in [9.17, 15) is 0 Å². The highest BCUT2D eigenvalue weighted by atomic mass is 15.2. The Morgan fingerprint density at radius 2 is 1.75 bits per heavy atom. The number of unbranched alkanes of at least 4 members (excludes halogenated alkanes) is 2. The van der Waals surface area contributed by atoms with Crippen LogP contribution in [0.1, 0.15) is 32.6 Å². The lowest BCUT2D eigenvalue weighted by atomic mass is 10.2. The Morgan fingerprint density at radius 1 is 1.17 bits per heavy atom. The van der Waals surface area contributed by atoms with E-state index in [1.165, 1.54) is 31.5 Å². The molecule has 0 aromatic carbocycles. The van der Waals surface area contributed by atoms with Crippen LogP contribution in [0.5, 0.6) is 0 Å². The molecular weight excluding hydrogens is 148 g/mol. The van der Waals surface area contributed by atoms with Crippen molar-refractivity contribution in [2.24, 2.45) is 0 Å².